The van der Waals surface area contributed by atoms with E-state index in [0.29, 0.717) is 0 Å². The van der Waals surface area contributed by atoms with Gasteiger partial charge in [-0.25, -0.2) is 4.68 Å². The molecular weight excluding hydrogens is 360 g/mol. The Balaban J connectivity index is 1.37. The van der Waals surface area contributed by atoms with Crippen LogP contribution >= 0.6 is 0 Å². The number of likely N-dealkylation sites (tertiary alicyclic amines) is 1. The number of aliphatic hydroxyl groups is 1. The Kier molecular flexibility index (Phi) is 6.72. The normalized spacial score (nSPS) is 15.6. The number of piperidine rings is 1. The van der Waals surface area contributed by atoms with E-state index in [0.717, 1.165) is 68.9 Å². The smallest absolute Gasteiger partial charge is 0.0972 e. The van der Waals surface area contributed by atoms with E-state index in [-0.39, 0.29) is 6.10 Å². The van der Waals surface area contributed by atoms with E-state index < -0.39 is 0 Å². The van der Waals surface area contributed by atoms with Gasteiger partial charge in [0.05, 0.1) is 17.5 Å². The molecule has 3 aromatic rings. The highest BCUT2D eigenvalue weighted by molar-refractivity contribution is 5.63. The van der Waals surface area contributed by atoms with Gasteiger partial charge in [0.2, 0.25) is 0 Å². The Morgan fingerprint density at radius 1 is 0.966 bits per heavy atom. The van der Waals surface area contributed by atoms with Crippen molar-refractivity contribution in [3.8, 4) is 16.9 Å². The number of benzene rings is 2. The van der Waals surface area contributed by atoms with Crippen molar-refractivity contribution in [2.24, 2.45) is 0 Å². The van der Waals surface area contributed by atoms with Crippen LogP contribution in [0.15, 0.2) is 66.9 Å². The van der Waals surface area contributed by atoms with Crippen LogP contribution < -0.4 is 5.32 Å². The molecule has 1 aromatic heterocycles. The Morgan fingerprint density at radius 3 is 2.38 bits per heavy atom. The van der Waals surface area contributed by atoms with Gasteiger partial charge in [0.1, 0.15) is 0 Å². The van der Waals surface area contributed by atoms with Crippen molar-refractivity contribution in [2.45, 2.75) is 31.9 Å². The average molecular weight is 391 g/mol. The SMILES string of the molecule is OC1CCN(CCCNCc2cn(-c3ccccc3)nc2-c2ccccc2)CC1. The zero-order chi connectivity index (χ0) is 19.9. The van der Waals surface area contributed by atoms with Gasteiger partial charge in [-0.05, 0) is 44.5 Å². The van der Waals surface area contributed by atoms with Crippen LogP contribution in [-0.2, 0) is 6.54 Å². The predicted molar refractivity (Wildman–Crippen MR) is 117 cm³/mol. The molecule has 1 fully saturated rings. The van der Waals surface area contributed by atoms with Crippen LogP contribution in [0.5, 0.6) is 0 Å². The van der Waals surface area contributed by atoms with Gasteiger partial charge in [-0.1, -0.05) is 48.5 Å². The van der Waals surface area contributed by atoms with Crippen LogP contribution in [-0.4, -0.2) is 52.1 Å². The third-order valence-electron chi connectivity index (χ3n) is 5.56. The maximum Gasteiger partial charge on any atom is 0.0972 e. The number of nitrogens with one attached hydrogen (secondary N) is 1. The standard InChI is InChI=1S/C24H30N4O/c29-23-12-16-27(17-13-23)15-7-14-25-18-21-19-28(22-10-5-2-6-11-22)26-24(21)20-8-3-1-4-9-20/h1-6,8-11,19,23,25,29H,7,12-18H2. The minimum absolute atomic E-state index is 0.0954. The molecule has 2 aromatic carbocycles. The molecule has 0 aliphatic carbocycles. The van der Waals surface area contributed by atoms with Gasteiger partial charge < -0.3 is 15.3 Å². The molecule has 0 atom stereocenters. The van der Waals surface area contributed by atoms with Gasteiger partial charge in [-0.15, -0.1) is 0 Å². The zero-order valence-electron chi connectivity index (χ0n) is 16.9. The van der Waals surface area contributed by atoms with E-state index >= 15 is 0 Å². The van der Waals surface area contributed by atoms with E-state index in [4.69, 9.17) is 5.10 Å². The van der Waals surface area contributed by atoms with Crippen LogP contribution in [0.1, 0.15) is 24.8 Å². The monoisotopic (exact) mass is 390 g/mol. The van der Waals surface area contributed by atoms with Crippen molar-refractivity contribution in [3.05, 3.63) is 72.4 Å². The first-order valence-corrected chi connectivity index (χ1v) is 10.6. The molecule has 4 rings (SSSR count). The summed E-state index contributed by atoms with van der Waals surface area (Å²) < 4.78 is 1.97. The summed E-state index contributed by atoms with van der Waals surface area (Å²) in [7, 11) is 0. The molecular formula is C24H30N4O. The van der Waals surface area contributed by atoms with Crippen LogP contribution in [0.25, 0.3) is 16.9 Å². The molecule has 2 heterocycles. The molecule has 2 N–H and O–H groups in total. The lowest BCUT2D eigenvalue weighted by atomic mass is 10.1. The van der Waals surface area contributed by atoms with Crippen molar-refractivity contribution < 1.29 is 5.11 Å². The molecule has 5 nitrogen and oxygen atoms in total. The van der Waals surface area contributed by atoms with Crippen molar-refractivity contribution >= 4 is 0 Å². The summed E-state index contributed by atoms with van der Waals surface area (Å²) in [5.74, 6) is 0. The number of aromatic nitrogens is 2. The molecule has 0 radical (unpaired) electrons. The first-order valence-electron chi connectivity index (χ1n) is 10.6. The van der Waals surface area contributed by atoms with Crippen molar-refractivity contribution in [1.29, 1.82) is 0 Å². The Morgan fingerprint density at radius 2 is 1.66 bits per heavy atom. The summed E-state index contributed by atoms with van der Waals surface area (Å²) in [6, 6.07) is 20.6. The summed E-state index contributed by atoms with van der Waals surface area (Å²) in [6.07, 6.45) is 4.97. The fourth-order valence-corrected chi connectivity index (χ4v) is 3.88. The second-order valence-electron chi connectivity index (χ2n) is 7.75. The van der Waals surface area contributed by atoms with Gasteiger partial charge >= 0.3 is 0 Å². The molecule has 152 valence electrons. The number of hydrogen-bond donors (Lipinski definition) is 2. The third kappa shape index (κ3) is 5.32. The Bertz CT molecular complexity index is 870. The van der Waals surface area contributed by atoms with E-state index in [1.165, 1.54) is 5.56 Å². The topological polar surface area (TPSA) is 53.3 Å². The fourth-order valence-electron chi connectivity index (χ4n) is 3.88. The molecule has 0 spiro atoms. The number of rotatable bonds is 8. The Labute approximate surface area is 173 Å². The average Bonchev–Trinajstić information content (AvgIpc) is 3.20. The number of hydrogen-bond acceptors (Lipinski definition) is 4. The Hall–Kier alpha value is -2.47. The highest BCUT2D eigenvalue weighted by Gasteiger charge is 2.16. The second-order valence-corrected chi connectivity index (χ2v) is 7.75. The minimum atomic E-state index is -0.0954. The van der Waals surface area contributed by atoms with E-state index in [9.17, 15) is 5.11 Å². The number of aliphatic hydroxyl groups excluding tert-OH is 1. The van der Waals surface area contributed by atoms with Crippen molar-refractivity contribution in [3.63, 3.8) is 0 Å². The molecule has 0 amide bonds. The highest BCUT2D eigenvalue weighted by atomic mass is 16.3. The lowest BCUT2D eigenvalue weighted by molar-refractivity contribution is 0.0821. The molecule has 0 saturated carbocycles. The maximum absolute atomic E-state index is 9.62. The third-order valence-corrected chi connectivity index (χ3v) is 5.56. The van der Waals surface area contributed by atoms with E-state index in [2.05, 4.69) is 52.8 Å². The van der Waals surface area contributed by atoms with Gasteiger partial charge in [-0.2, -0.15) is 5.10 Å². The molecule has 0 bridgehead atoms. The highest BCUT2D eigenvalue weighted by Crippen LogP contribution is 2.23. The lowest BCUT2D eigenvalue weighted by Gasteiger charge is -2.29. The zero-order valence-corrected chi connectivity index (χ0v) is 16.9. The number of nitrogens with zero attached hydrogens (tertiary/aromatic N) is 3. The fraction of sp³-hybridized carbons (Fsp3) is 0.375. The van der Waals surface area contributed by atoms with Crippen molar-refractivity contribution in [2.75, 3.05) is 26.2 Å². The predicted octanol–water partition coefficient (Wildman–Crippen LogP) is 3.48. The number of para-hydroxylation sites is 1. The van der Waals surface area contributed by atoms with Gasteiger partial charge in [-0.3, -0.25) is 0 Å². The largest absolute Gasteiger partial charge is 0.393 e. The summed E-state index contributed by atoms with van der Waals surface area (Å²) in [5.41, 5.74) is 4.46. The van der Waals surface area contributed by atoms with E-state index in [1.807, 2.05) is 28.9 Å². The lowest BCUT2D eigenvalue weighted by Crippen LogP contribution is -2.37. The molecule has 0 unspecified atom stereocenters. The summed E-state index contributed by atoms with van der Waals surface area (Å²) >= 11 is 0. The molecule has 1 aliphatic heterocycles. The van der Waals surface area contributed by atoms with Gasteiger partial charge in [0.15, 0.2) is 0 Å². The van der Waals surface area contributed by atoms with Crippen LogP contribution in [0.3, 0.4) is 0 Å². The van der Waals surface area contributed by atoms with Crippen LogP contribution in [0, 0.1) is 0 Å². The van der Waals surface area contributed by atoms with Crippen molar-refractivity contribution in [1.82, 2.24) is 20.0 Å². The van der Waals surface area contributed by atoms with Gasteiger partial charge in [0, 0.05) is 37.0 Å². The first-order chi connectivity index (χ1) is 14.3. The summed E-state index contributed by atoms with van der Waals surface area (Å²) in [4.78, 5) is 2.46. The molecule has 1 aliphatic rings. The van der Waals surface area contributed by atoms with Gasteiger partial charge in [0.25, 0.3) is 0 Å². The second kappa shape index (κ2) is 9.83. The van der Waals surface area contributed by atoms with Crippen LogP contribution in [0.2, 0.25) is 0 Å². The summed E-state index contributed by atoms with van der Waals surface area (Å²) in [5, 5.41) is 18.1. The summed E-state index contributed by atoms with van der Waals surface area (Å²) in [6.45, 7) is 4.90. The minimum Gasteiger partial charge on any atom is -0.393 e. The molecule has 29 heavy (non-hydrogen) atoms. The quantitative estimate of drug-likeness (QED) is 0.578. The first kappa shape index (κ1) is 19.8. The molecule has 1 saturated heterocycles. The maximum atomic E-state index is 9.62. The molecule has 5 heteroatoms. The van der Waals surface area contributed by atoms with E-state index in [1.54, 1.807) is 0 Å². The van der Waals surface area contributed by atoms with Crippen LogP contribution in [0.4, 0.5) is 0 Å².